The quantitative estimate of drug-likeness (QED) is 0.319. The van der Waals surface area contributed by atoms with Gasteiger partial charge in [0.2, 0.25) is 0 Å². The van der Waals surface area contributed by atoms with Crippen LogP contribution in [0.2, 0.25) is 0 Å². The Morgan fingerprint density at radius 2 is 1.42 bits per heavy atom. The fourth-order valence-corrected chi connectivity index (χ4v) is 1.87. The van der Waals surface area contributed by atoms with Crippen LogP contribution in [0, 0.1) is 0 Å². The maximum absolute atomic E-state index is 11.9. The Kier molecular flexibility index (Phi) is 6.79. The van der Waals surface area contributed by atoms with Crippen LogP contribution in [0.5, 0.6) is 0 Å². The van der Waals surface area contributed by atoms with Crippen molar-refractivity contribution in [2.24, 2.45) is 0 Å². The van der Waals surface area contributed by atoms with Gasteiger partial charge in [-0.3, -0.25) is 14.4 Å². The van der Waals surface area contributed by atoms with Gasteiger partial charge in [0.15, 0.2) is 5.92 Å². The number of carbonyl (C=O) groups is 5. The second kappa shape index (κ2) is 8.56. The average molecular weight is 336 g/mol. The van der Waals surface area contributed by atoms with E-state index in [0.29, 0.717) is 0 Å². The normalized spacial score (nSPS) is 11.2. The highest BCUT2D eigenvalue weighted by atomic mass is 16.5. The molecule has 1 rings (SSSR count). The van der Waals surface area contributed by atoms with Crippen molar-refractivity contribution in [3.8, 4) is 0 Å². The number of carboxylic acid groups (broad SMARTS) is 1. The zero-order chi connectivity index (χ0) is 18.3. The molecule has 0 spiro atoms. The molecule has 0 saturated carbocycles. The Labute approximate surface area is 137 Å². The standard InChI is InChI=1S/C16H16O8/c1-3-23-15(21)12(17)10-7-5-9(6-8-10)11(14(19)20)13(18)16(22)24-4-2/h5-8,11H,3-4H2,1-2H3,(H,19,20). The van der Waals surface area contributed by atoms with E-state index in [4.69, 9.17) is 0 Å². The molecule has 0 saturated heterocycles. The van der Waals surface area contributed by atoms with E-state index in [1.807, 2.05) is 0 Å². The number of rotatable bonds is 8. The highest BCUT2D eigenvalue weighted by Gasteiger charge is 2.34. The summed E-state index contributed by atoms with van der Waals surface area (Å²) in [6.45, 7) is 3.01. The number of esters is 2. The van der Waals surface area contributed by atoms with Crippen LogP contribution in [0.15, 0.2) is 24.3 Å². The molecule has 0 fully saturated rings. The second-order valence-corrected chi connectivity index (χ2v) is 4.53. The third-order valence-corrected chi connectivity index (χ3v) is 2.95. The topological polar surface area (TPSA) is 124 Å². The molecule has 128 valence electrons. The van der Waals surface area contributed by atoms with E-state index in [-0.39, 0.29) is 24.3 Å². The molecule has 1 aromatic rings. The molecule has 8 heteroatoms. The van der Waals surface area contributed by atoms with Gasteiger partial charge in [0.1, 0.15) is 0 Å². The highest BCUT2D eigenvalue weighted by molar-refractivity contribution is 6.41. The molecule has 1 N–H and O–H groups in total. The van der Waals surface area contributed by atoms with Crippen LogP contribution < -0.4 is 0 Å². The first-order valence-corrected chi connectivity index (χ1v) is 7.08. The number of carbonyl (C=O) groups excluding carboxylic acids is 4. The van der Waals surface area contributed by atoms with E-state index >= 15 is 0 Å². The Hall–Kier alpha value is -3.03. The number of carboxylic acids is 1. The van der Waals surface area contributed by atoms with E-state index in [1.54, 1.807) is 6.92 Å². The van der Waals surface area contributed by atoms with E-state index in [0.717, 1.165) is 0 Å². The molecule has 0 aromatic heterocycles. The lowest BCUT2D eigenvalue weighted by atomic mass is 9.93. The minimum atomic E-state index is -1.75. The summed E-state index contributed by atoms with van der Waals surface area (Å²) >= 11 is 0. The third-order valence-electron chi connectivity index (χ3n) is 2.95. The Morgan fingerprint density at radius 3 is 1.88 bits per heavy atom. The van der Waals surface area contributed by atoms with Crippen molar-refractivity contribution in [2.45, 2.75) is 19.8 Å². The van der Waals surface area contributed by atoms with Crippen LogP contribution in [-0.4, -0.2) is 47.8 Å². The lowest BCUT2D eigenvalue weighted by Crippen LogP contribution is -2.30. The van der Waals surface area contributed by atoms with Crippen LogP contribution in [0.25, 0.3) is 0 Å². The minimum Gasteiger partial charge on any atom is -0.480 e. The zero-order valence-electron chi connectivity index (χ0n) is 13.1. The summed E-state index contributed by atoms with van der Waals surface area (Å²) in [7, 11) is 0. The van der Waals surface area contributed by atoms with Crippen molar-refractivity contribution < 1.29 is 38.6 Å². The lowest BCUT2D eigenvalue weighted by molar-refractivity contribution is -0.157. The van der Waals surface area contributed by atoms with Crippen molar-refractivity contribution in [2.75, 3.05) is 13.2 Å². The van der Waals surface area contributed by atoms with E-state index in [9.17, 15) is 29.1 Å². The maximum Gasteiger partial charge on any atom is 0.379 e. The number of hydrogen-bond donors (Lipinski definition) is 1. The number of Topliss-reactive ketones (excluding diaryl/α,β-unsaturated/α-hetero) is 2. The molecule has 0 heterocycles. The van der Waals surface area contributed by atoms with Gasteiger partial charge in [0.05, 0.1) is 13.2 Å². The molecule has 24 heavy (non-hydrogen) atoms. The van der Waals surface area contributed by atoms with Gasteiger partial charge in [-0.25, -0.2) is 9.59 Å². The lowest BCUT2D eigenvalue weighted by Gasteiger charge is -2.11. The van der Waals surface area contributed by atoms with Gasteiger partial charge in [-0.15, -0.1) is 0 Å². The van der Waals surface area contributed by atoms with Crippen molar-refractivity contribution in [1.82, 2.24) is 0 Å². The predicted molar refractivity (Wildman–Crippen MR) is 79.4 cm³/mol. The number of ether oxygens (including phenoxy) is 2. The van der Waals surface area contributed by atoms with Crippen LogP contribution in [0.4, 0.5) is 0 Å². The average Bonchev–Trinajstić information content (AvgIpc) is 2.55. The molecule has 0 aliphatic heterocycles. The van der Waals surface area contributed by atoms with Crippen LogP contribution in [0.1, 0.15) is 35.7 Å². The number of hydrogen-bond acceptors (Lipinski definition) is 7. The van der Waals surface area contributed by atoms with Crippen molar-refractivity contribution in [3.63, 3.8) is 0 Å². The molecule has 0 amide bonds. The van der Waals surface area contributed by atoms with Gasteiger partial charge < -0.3 is 14.6 Å². The van der Waals surface area contributed by atoms with Gasteiger partial charge in [-0.1, -0.05) is 24.3 Å². The van der Waals surface area contributed by atoms with E-state index in [2.05, 4.69) is 9.47 Å². The SMILES string of the molecule is CCOC(=O)C(=O)c1ccc(C(C(=O)O)C(=O)C(=O)OCC)cc1. The largest absolute Gasteiger partial charge is 0.480 e. The summed E-state index contributed by atoms with van der Waals surface area (Å²) in [5.41, 5.74) is -0.0362. The molecular weight excluding hydrogens is 320 g/mol. The number of aliphatic carboxylic acids is 1. The zero-order valence-corrected chi connectivity index (χ0v) is 13.1. The van der Waals surface area contributed by atoms with Crippen molar-refractivity contribution in [3.05, 3.63) is 35.4 Å². The van der Waals surface area contributed by atoms with Gasteiger partial charge in [-0.2, -0.15) is 0 Å². The fraction of sp³-hybridized carbons (Fsp3) is 0.312. The molecule has 0 bridgehead atoms. The summed E-state index contributed by atoms with van der Waals surface area (Å²) in [6.07, 6.45) is 0. The maximum atomic E-state index is 11.9. The Balaban J connectivity index is 3.05. The molecule has 1 aromatic carbocycles. The minimum absolute atomic E-state index is 0.0130. The summed E-state index contributed by atoms with van der Waals surface area (Å²) in [5.74, 6) is -7.70. The Bertz CT molecular complexity index is 659. The smallest absolute Gasteiger partial charge is 0.379 e. The van der Waals surface area contributed by atoms with Crippen molar-refractivity contribution in [1.29, 1.82) is 0 Å². The molecule has 0 radical (unpaired) electrons. The van der Waals surface area contributed by atoms with Crippen LogP contribution in [-0.2, 0) is 28.7 Å². The summed E-state index contributed by atoms with van der Waals surface area (Å²) in [6, 6.07) is 4.73. The Morgan fingerprint density at radius 1 is 0.917 bits per heavy atom. The summed E-state index contributed by atoms with van der Waals surface area (Å²) < 4.78 is 9.08. The van der Waals surface area contributed by atoms with E-state index in [1.165, 1.54) is 31.2 Å². The molecule has 1 atom stereocenters. The first-order chi connectivity index (χ1) is 11.3. The van der Waals surface area contributed by atoms with Gasteiger partial charge in [0.25, 0.3) is 11.6 Å². The third kappa shape index (κ3) is 4.48. The monoisotopic (exact) mass is 336 g/mol. The predicted octanol–water partition coefficient (Wildman–Crippen LogP) is 0.733. The highest BCUT2D eigenvalue weighted by Crippen LogP contribution is 2.19. The van der Waals surface area contributed by atoms with Crippen LogP contribution >= 0.6 is 0 Å². The molecule has 0 aliphatic carbocycles. The fourth-order valence-electron chi connectivity index (χ4n) is 1.87. The number of benzene rings is 1. The van der Waals surface area contributed by atoms with Gasteiger partial charge in [0, 0.05) is 5.56 Å². The first kappa shape index (κ1) is 19.0. The molecule has 0 aliphatic rings. The van der Waals surface area contributed by atoms with Gasteiger partial charge >= 0.3 is 17.9 Å². The molecular formula is C16H16O8. The molecule has 8 nitrogen and oxygen atoms in total. The van der Waals surface area contributed by atoms with Gasteiger partial charge in [-0.05, 0) is 19.4 Å². The number of ketones is 2. The first-order valence-electron chi connectivity index (χ1n) is 7.08. The van der Waals surface area contributed by atoms with E-state index < -0.39 is 35.4 Å². The summed E-state index contributed by atoms with van der Waals surface area (Å²) in [4.78, 5) is 57.7. The van der Waals surface area contributed by atoms with Crippen molar-refractivity contribution >= 4 is 29.5 Å². The second-order valence-electron chi connectivity index (χ2n) is 4.53. The van der Waals surface area contributed by atoms with Crippen LogP contribution in [0.3, 0.4) is 0 Å². The summed E-state index contributed by atoms with van der Waals surface area (Å²) in [5, 5.41) is 9.18. The molecule has 1 unspecified atom stereocenters.